The highest BCUT2D eigenvalue weighted by Gasteiger charge is 2.18. The third-order valence-electron chi connectivity index (χ3n) is 6.13. The number of rotatable bonds is 7. The molecule has 37 heavy (non-hydrogen) atoms. The molecule has 10 heteroatoms. The van der Waals surface area contributed by atoms with Crippen LogP contribution in [-0.2, 0) is 13.1 Å². The van der Waals surface area contributed by atoms with E-state index in [2.05, 4.69) is 25.8 Å². The molecule has 2 N–H and O–H groups in total. The van der Waals surface area contributed by atoms with Gasteiger partial charge in [-0.25, -0.2) is 9.97 Å². The summed E-state index contributed by atoms with van der Waals surface area (Å²) in [6.07, 6.45) is 1.53. The van der Waals surface area contributed by atoms with Crippen molar-refractivity contribution in [3.05, 3.63) is 94.3 Å². The predicted molar refractivity (Wildman–Crippen MR) is 146 cm³/mol. The summed E-state index contributed by atoms with van der Waals surface area (Å²) in [6.45, 7) is 0.751. The molecule has 0 aliphatic carbocycles. The average Bonchev–Trinajstić information content (AvgIpc) is 3.66. The van der Waals surface area contributed by atoms with Crippen LogP contribution in [0.2, 0.25) is 4.34 Å². The summed E-state index contributed by atoms with van der Waals surface area (Å²) in [7, 11) is 1.83. The minimum Gasteiger partial charge on any atom is -0.373 e. The van der Waals surface area contributed by atoms with Crippen molar-refractivity contribution in [3.8, 4) is 10.6 Å². The Morgan fingerprint density at radius 3 is 2.81 bits per heavy atom. The van der Waals surface area contributed by atoms with Gasteiger partial charge in [-0.05, 0) is 42.0 Å². The Bertz CT molecular complexity index is 1750. The van der Waals surface area contributed by atoms with Crippen LogP contribution in [0, 0.1) is 0 Å². The quantitative estimate of drug-likeness (QED) is 0.265. The van der Waals surface area contributed by atoms with Gasteiger partial charge in [0.15, 0.2) is 5.76 Å². The smallest absolute Gasteiger partial charge is 0.268 e. The van der Waals surface area contributed by atoms with E-state index in [0.29, 0.717) is 34.6 Å². The molecule has 0 spiro atoms. The van der Waals surface area contributed by atoms with E-state index in [4.69, 9.17) is 16.1 Å². The molecule has 0 fully saturated rings. The van der Waals surface area contributed by atoms with Crippen LogP contribution in [0.5, 0.6) is 0 Å². The topological polar surface area (TPSA) is 97.9 Å². The van der Waals surface area contributed by atoms with E-state index >= 15 is 0 Å². The molecular weight excluding hydrogens is 508 g/mol. The molecule has 8 nitrogen and oxygen atoms in total. The van der Waals surface area contributed by atoms with Crippen molar-refractivity contribution in [2.45, 2.75) is 13.1 Å². The zero-order chi connectivity index (χ0) is 25.4. The standard InChI is InChI=1S/C27H21ClN6O2S/c1-29-26-19-7-6-16(10-20(19)31-15-32-26)13-30-27(35)22-11-17-4-2-3-5-21(17)34(22)14-18-12-23(36-33-18)24-8-9-25(28)37-24/h2-12,15H,13-14H2,1H3,(H,30,35)(H,29,31,32). The van der Waals surface area contributed by atoms with E-state index < -0.39 is 0 Å². The fourth-order valence-electron chi connectivity index (χ4n) is 4.36. The summed E-state index contributed by atoms with van der Waals surface area (Å²) in [5.41, 5.74) is 3.96. The molecule has 4 aromatic heterocycles. The molecule has 0 aliphatic rings. The number of carbonyl (C=O) groups is 1. The van der Waals surface area contributed by atoms with Crippen LogP contribution < -0.4 is 10.6 Å². The van der Waals surface area contributed by atoms with Crippen LogP contribution in [-0.4, -0.2) is 32.6 Å². The van der Waals surface area contributed by atoms with Gasteiger partial charge < -0.3 is 19.7 Å². The molecule has 0 atom stereocenters. The van der Waals surface area contributed by atoms with Gasteiger partial charge in [-0.1, -0.05) is 41.0 Å². The summed E-state index contributed by atoms with van der Waals surface area (Å²) >= 11 is 7.50. The number of nitrogens with one attached hydrogen (secondary N) is 2. The lowest BCUT2D eigenvalue weighted by molar-refractivity contribution is 0.0942. The lowest BCUT2D eigenvalue weighted by atomic mass is 10.1. The SMILES string of the molecule is CNc1ncnc2cc(CNC(=O)c3cc4ccccc4n3Cc3cc(-c4ccc(Cl)s4)on3)ccc12. The second kappa shape index (κ2) is 9.68. The van der Waals surface area contributed by atoms with E-state index in [1.165, 1.54) is 17.7 Å². The Balaban J connectivity index is 1.26. The number of halogens is 1. The monoisotopic (exact) mass is 528 g/mol. The normalized spacial score (nSPS) is 11.3. The first-order valence-electron chi connectivity index (χ1n) is 11.6. The molecule has 6 rings (SSSR count). The Morgan fingerprint density at radius 1 is 1.08 bits per heavy atom. The van der Waals surface area contributed by atoms with Gasteiger partial charge in [0.25, 0.3) is 5.91 Å². The first-order chi connectivity index (χ1) is 18.1. The highest BCUT2D eigenvalue weighted by atomic mass is 35.5. The largest absolute Gasteiger partial charge is 0.373 e. The maximum Gasteiger partial charge on any atom is 0.268 e. The van der Waals surface area contributed by atoms with Gasteiger partial charge in [-0.15, -0.1) is 11.3 Å². The van der Waals surface area contributed by atoms with Crippen molar-refractivity contribution in [3.63, 3.8) is 0 Å². The second-order valence-corrected chi connectivity index (χ2v) is 10.2. The van der Waals surface area contributed by atoms with Crippen molar-refractivity contribution in [1.82, 2.24) is 25.0 Å². The fourth-order valence-corrected chi connectivity index (χ4v) is 5.36. The van der Waals surface area contributed by atoms with Gasteiger partial charge in [0.2, 0.25) is 0 Å². The summed E-state index contributed by atoms with van der Waals surface area (Å²) in [5, 5.41) is 12.3. The highest BCUT2D eigenvalue weighted by Crippen LogP contribution is 2.32. The van der Waals surface area contributed by atoms with Crippen molar-refractivity contribution in [2.24, 2.45) is 0 Å². The Labute approximate surface area is 220 Å². The third-order valence-corrected chi connectivity index (χ3v) is 7.37. The van der Waals surface area contributed by atoms with Crippen molar-refractivity contribution < 1.29 is 9.32 Å². The van der Waals surface area contributed by atoms with Gasteiger partial charge in [-0.3, -0.25) is 4.79 Å². The van der Waals surface area contributed by atoms with Crippen LogP contribution in [0.15, 0.2) is 77.6 Å². The van der Waals surface area contributed by atoms with Crippen molar-refractivity contribution in [1.29, 1.82) is 0 Å². The molecule has 0 saturated carbocycles. The molecule has 0 bridgehead atoms. The van der Waals surface area contributed by atoms with Crippen LogP contribution in [0.25, 0.3) is 32.4 Å². The number of fused-ring (bicyclic) bond motifs is 2. The zero-order valence-electron chi connectivity index (χ0n) is 19.7. The zero-order valence-corrected chi connectivity index (χ0v) is 21.3. The van der Waals surface area contributed by atoms with E-state index in [1.54, 1.807) is 0 Å². The van der Waals surface area contributed by atoms with E-state index in [-0.39, 0.29) is 5.91 Å². The number of thiophene rings is 1. The number of hydrogen-bond acceptors (Lipinski definition) is 7. The second-order valence-electron chi connectivity index (χ2n) is 8.47. The van der Waals surface area contributed by atoms with Crippen LogP contribution in [0.3, 0.4) is 0 Å². The molecule has 0 aliphatic heterocycles. The van der Waals surface area contributed by atoms with Crippen LogP contribution in [0.1, 0.15) is 21.7 Å². The summed E-state index contributed by atoms with van der Waals surface area (Å²) < 4.78 is 8.20. The molecule has 6 aromatic rings. The predicted octanol–water partition coefficient (Wildman–Crippen LogP) is 5.97. The van der Waals surface area contributed by atoms with E-state index in [1.807, 2.05) is 78.3 Å². The Kier molecular flexibility index (Phi) is 6.07. The number of carbonyl (C=O) groups excluding carboxylic acids is 1. The number of para-hydroxylation sites is 1. The van der Waals surface area contributed by atoms with Gasteiger partial charge in [0.1, 0.15) is 23.5 Å². The summed E-state index contributed by atoms with van der Waals surface area (Å²) in [4.78, 5) is 22.9. The molecule has 2 aromatic carbocycles. The number of benzene rings is 2. The van der Waals surface area contributed by atoms with Gasteiger partial charge in [-0.2, -0.15) is 0 Å². The van der Waals surface area contributed by atoms with E-state index in [9.17, 15) is 4.79 Å². The molecule has 184 valence electrons. The fraction of sp³-hybridized carbons (Fsp3) is 0.111. The minimum atomic E-state index is -0.177. The first-order valence-corrected chi connectivity index (χ1v) is 12.8. The minimum absolute atomic E-state index is 0.177. The maximum absolute atomic E-state index is 13.4. The molecular formula is C27H21ClN6O2S. The number of anilines is 1. The summed E-state index contributed by atoms with van der Waals surface area (Å²) in [5.74, 6) is 1.24. The molecule has 0 unspecified atom stereocenters. The Hall–Kier alpha value is -4.21. The van der Waals surface area contributed by atoms with Gasteiger partial charge in [0.05, 0.1) is 21.3 Å². The third kappa shape index (κ3) is 4.54. The van der Waals surface area contributed by atoms with Crippen LogP contribution in [0.4, 0.5) is 5.82 Å². The van der Waals surface area contributed by atoms with Gasteiger partial charge >= 0.3 is 0 Å². The maximum atomic E-state index is 13.4. The number of nitrogens with zero attached hydrogens (tertiary/aromatic N) is 4. The number of amides is 1. The van der Waals surface area contributed by atoms with Gasteiger partial charge in [0, 0.05) is 35.9 Å². The molecule has 1 amide bonds. The van der Waals surface area contributed by atoms with E-state index in [0.717, 1.165) is 38.1 Å². The first kappa shape index (κ1) is 23.2. The van der Waals surface area contributed by atoms with Crippen LogP contribution >= 0.6 is 22.9 Å². The highest BCUT2D eigenvalue weighted by molar-refractivity contribution is 7.19. The number of hydrogen-bond donors (Lipinski definition) is 2. The van der Waals surface area contributed by atoms with Crippen molar-refractivity contribution in [2.75, 3.05) is 12.4 Å². The lowest BCUT2D eigenvalue weighted by Crippen LogP contribution is -2.25. The van der Waals surface area contributed by atoms with Crippen molar-refractivity contribution >= 4 is 56.5 Å². The summed E-state index contributed by atoms with van der Waals surface area (Å²) in [6, 6.07) is 21.3. The average molecular weight is 529 g/mol. The molecule has 0 saturated heterocycles. The lowest BCUT2D eigenvalue weighted by Gasteiger charge is -2.11. The Morgan fingerprint density at radius 2 is 1.97 bits per heavy atom. The molecule has 4 heterocycles. The number of aromatic nitrogens is 4. The molecule has 0 radical (unpaired) electrons.